The number of hydrogen-bond donors (Lipinski definition) is 1. The molecule has 0 bridgehead atoms. The van der Waals surface area contributed by atoms with E-state index in [1.807, 2.05) is 0 Å². The first kappa shape index (κ1) is 20.3. The van der Waals surface area contributed by atoms with E-state index in [-0.39, 0.29) is 11.7 Å². The van der Waals surface area contributed by atoms with Gasteiger partial charge in [-0.05, 0) is 49.9 Å². The summed E-state index contributed by atoms with van der Waals surface area (Å²) in [6.07, 6.45) is 16.8. The molecule has 0 atom stereocenters. The van der Waals surface area contributed by atoms with Crippen molar-refractivity contribution >= 4 is 5.97 Å². The number of phenols is 1. The van der Waals surface area contributed by atoms with Gasteiger partial charge >= 0.3 is 5.97 Å². The molecule has 0 fully saturated rings. The van der Waals surface area contributed by atoms with Gasteiger partial charge in [0.15, 0.2) is 0 Å². The van der Waals surface area contributed by atoms with Crippen LogP contribution in [0.3, 0.4) is 0 Å². The fourth-order valence-electron chi connectivity index (χ4n) is 2.50. The normalized spacial score (nSPS) is 11.0. The maximum absolute atomic E-state index is 11.7. The van der Waals surface area contributed by atoms with Gasteiger partial charge in [-0.15, -0.1) is 0 Å². The highest BCUT2D eigenvalue weighted by Gasteiger charge is 2.05. The third kappa shape index (κ3) is 10.1. The lowest BCUT2D eigenvalue weighted by Crippen LogP contribution is -2.05. The van der Waals surface area contributed by atoms with Gasteiger partial charge in [-0.25, -0.2) is 4.79 Å². The van der Waals surface area contributed by atoms with Crippen LogP contribution in [0.1, 0.15) is 81.5 Å². The van der Waals surface area contributed by atoms with Crippen LogP contribution in [0, 0.1) is 0 Å². The standard InChI is InChI=1S/C21H32O3/c1-2-3-4-5-6-7-8-9-10-11-12-13-18-24-21(23)19-14-16-20(22)17-15-19/h10-11,14-17,22H,2-9,12-13,18H2,1H3/b11-10+. The van der Waals surface area contributed by atoms with E-state index in [4.69, 9.17) is 4.74 Å². The molecule has 3 heteroatoms. The van der Waals surface area contributed by atoms with Gasteiger partial charge in [0.05, 0.1) is 12.2 Å². The number of benzene rings is 1. The van der Waals surface area contributed by atoms with E-state index >= 15 is 0 Å². The zero-order valence-corrected chi connectivity index (χ0v) is 15.0. The van der Waals surface area contributed by atoms with Crippen LogP contribution in [0.15, 0.2) is 36.4 Å². The SMILES string of the molecule is CCCCCCCCC/C=C/CCCOC(=O)c1ccc(O)cc1. The van der Waals surface area contributed by atoms with Crippen molar-refractivity contribution in [3.63, 3.8) is 0 Å². The van der Waals surface area contributed by atoms with Gasteiger partial charge in [0.25, 0.3) is 0 Å². The summed E-state index contributed by atoms with van der Waals surface area (Å²) in [4.78, 5) is 11.7. The molecule has 0 spiro atoms. The Balaban J connectivity index is 1.94. The second kappa shape index (κ2) is 13.6. The molecule has 1 aromatic rings. The third-order valence-corrected chi connectivity index (χ3v) is 3.99. The average Bonchev–Trinajstić information content (AvgIpc) is 2.59. The Morgan fingerprint density at radius 1 is 0.917 bits per heavy atom. The van der Waals surface area contributed by atoms with Gasteiger partial charge in [-0.1, -0.05) is 57.6 Å². The topological polar surface area (TPSA) is 46.5 Å². The molecule has 0 radical (unpaired) electrons. The van der Waals surface area contributed by atoms with Crippen molar-refractivity contribution in [3.8, 4) is 5.75 Å². The van der Waals surface area contributed by atoms with E-state index < -0.39 is 0 Å². The van der Waals surface area contributed by atoms with Gasteiger partial charge in [0, 0.05) is 0 Å². The number of phenolic OH excluding ortho intramolecular Hbond substituents is 1. The lowest BCUT2D eigenvalue weighted by molar-refractivity contribution is 0.0501. The summed E-state index contributed by atoms with van der Waals surface area (Å²) in [7, 11) is 0. The predicted octanol–water partition coefficient (Wildman–Crippen LogP) is 6.03. The molecule has 0 unspecified atom stereocenters. The molecule has 0 aliphatic rings. The molecule has 1 aromatic carbocycles. The largest absolute Gasteiger partial charge is 0.508 e. The molecule has 0 heterocycles. The van der Waals surface area contributed by atoms with E-state index in [2.05, 4.69) is 19.1 Å². The summed E-state index contributed by atoms with van der Waals surface area (Å²) in [5, 5.41) is 9.18. The van der Waals surface area contributed by atoms with Crippen molar-refractivity contribution in [3.05, 3.63) is 42.0 Å². The first-order valence-corrected chi connectivity index (χ1v) is 9.35. The number of ether oxygens (including phenoxy) is 1. The Kier molecular flexibility index (Phi) is 11.5. The zero-order chi connectivity index (χ0) is 17.5. The van der Waals surface area contributed by atoms with Gasteiger partial charge in [-0.3, -0.25) is 0 Å². The number of rotatable bonds is 13. The molecule has 0 aliphatic carbocycles. The molecule has 1 rings (SSSR count). The minimum atomic E-state index is -0.331. The van der Waals surface area contributed by atoms with E-state index in [0.29, 0.717) is 12.2 Å². The first-order valence-electron chi connectivity index (χ1n) is 9.35. The van der Waals surface area contributed by atoms with Crippen LogP contribution in [0.4, 0.5) is 0 Å². The third-order valence-electron chi connectivity index (χ3n) is 3.99. The number of hydrogen-bond acceptors (Lipinski definition) is 3. The molecule has 0 amide bonds. The van der Waals surface area contributed by atoms with Gasteiger partial charge < -0.3 is 9.84 Å². The van der Waals surface area contributed by atoms with Crippen molar-refractivity contribution < 1.29 is 14.6 Å². The van der Waals surface area contributed by atoms with E-state index in [1.54, 1.807) is 12.1 Å². The summed E-state index contributed by atoms with van der Waals surface area (Å²) in [5.74, 6) is -0.181. The van der Waals surface area contributed by atoms with Crippen LogP contribution in [0.25, 0.3) is 0 Å². The Bertz CT molecular complexity index is 462. The van der Waals surface area contributed by atoms with Crippen LogP contribution in [0.5, 0.6) is 5.75 Å². The Morgan fingerprint density at radius 3 is 2.17 bits per heavy atom. The second-order valence-electron chi connectivity index (χ2n) is 6.21. The monoisotopic (exact) mass is 332 g/mol. The fraction of sp³-hybridized carbons (Fsp3) is 0.571. The van der Waals surface area contributed by atoms with Gasteiger partial charge in [0.1, 0.15) is 5.75 Å². The van der Waals surface area contributed by atoms with Crippen molar-refractivity contribution in [2.24, 2.45) is 0 Å². The van der Waals surface area contributed by atoms with Crippen LogP contribution in [-0.2, 0) is 4.74 Å². The molecule has 24 heavy (non-hydrogen) atoms. The maximum atomic E-state index is 11.7. The number of esters is 1. The highest BCUT2D eigenvalue weighted by Crippen LogP contribution is 2.11. The summed E-state index contributed by atoms with van der Waals surface area (Å²) in [6.45, 7) is 2.68. The average molecular weight is 332 g/mol. The van der Waals surface area contributed by atoms with E-state index in [1.165, 1.54) is 57.1 Å². The zero-order valence-electron chi connectivity index (χ0n) is 15.0. The number of allylic oxidation sites excluding steroid dienone is 2. The first-order chi connectivity index (χ1) is 11.7. The van der Waals surface area contributed by atoms with Crippen LogP contribution < -0.4 is 0 Å². The molecule has 0 aliphatic heterocycles. The molecule has 0 aromatic heterocycles. The Labute approximate surface area is 146 Å². The van der Waals surface area contributed by atoms with Gasteiger partial charge in [0.2, 0.25) is 0 Å². The maximum Gasteiger partial charge on any atom is 0.338 e. The number of carbonyl (C=O) groups is 1. The molecule has 3 nitrogen and oxygen atoms in total. The number of unbranched alkanes of at least 4 members (excludes halogenated alkanes) is 8. The molecule has 0 saturated carbocycles. The quantitative estimate of drug-likeness (QED) is 0.273. The highest BCUT2D eigenvalue weighted by atomic mass is 16.5. The number of aromatic hydroxyl groups is 1. The fourth-order valence-corrected chi connectivity index (χ4v) is 2.50. The molecular weight excluding hydrogens is 300 g/mol. The smallest absolute Gasteiger partial charge is 0.338 e. The summed E-state index contributed by atoms with van der Waals surface area (Å²) in [5.41, 5.74) is 0.474. The lowest BCUT2D eigenvalue weighted by atomic mass is 10.1. The lowest BCUT2D eigenvalue weighted by Gasteiger charge is -2.03. The highest BCUT2D eigenvalue weighted by molar-refractivity contribution is 5.89. The predicted molar refractivity (Wildman–Crippen MR) is 99.4 cm³/mol. The minimum Gasteiger partial charge on any atom is -0.508 e. The van der Waals surface area contributed by atoms with Crippen molar-refractivity contribution in [2.45, 2.75) is 71.1 Å². The Morgan fingerprint density at radius 2 is 1.50 bits per heavy atom. The van der Waals surface area contributed by atoms with Crippen LogP contribution >= 0.6 is 0 Å². The molecular formula is C21H32O3. The Hall–Kier alpha value is -1.77. The van der Waals surface area contributed by atoms with Crippen LogP contribution in [0.2, 0.25) is 0 Å². The van der Waals surface area contributed by atoms with Crippen LogP contribution in [-0.4, -0.2) is 17.7 Å². The summed E-state index contributed by atoms with van der Waals surface area (Å²) >= 11 is 0. The van der Waals surface area contributed by atoms with E-state index in [0.717, 1.165) is 19.3 Å². The van der Waals surface area contributed by atoms with Crippen molar-refractivity contribution in [1.29, 1.82) is 0 Å². The number of carbonyl (C=O) groups excluding carboxylic acids is 1. The van der Waals surface area contributed by atoms with Crippen molar-refractivity contribution in [1.82, 2.24) is 0 Å². The molecule has 1 N–H and O–H groups in total. The van der Waals surface area contributed by atoms with Crippen molar-refractivity contribution in [2.75, 3.05) is 6.61 Å². The molecule has 134 valence electrons. The summed E-state index contributed by atoms with van der Waals surface area (Å²) < 4.78 is 5.21. The summed E-state index contributed by atoms with van der Waals surface area (Å²) in [6, 6.07) is 6.12. The van der Waals surface area contributed by atoms with E-state index in [9.17, 15) is 9.90 Å². The second-order valence-corrected chi connectivity index (χ2v) is 6.21. The van der Waals surface area contributed by atoms with Gasteiger partial charge in [-0.2, -0.15) is 0 Å². The minimum absolute atomic E-state index is 0.151. The molecule has 0 saturated heterocycles.